The second-order valence-electron chi connectivity index (χ2n) is 7.55. The summed E-state index contributed by atoms with van der Waals surface area (Å²) in [5, 5.41) is 0. The highest BCUT2D eigenvalue weighted by Gasteiger charge is 2.52. The van der Waals surface area contributed by atoms with Gasteiger partial charge in [-0.1, -0.05) is 17.9 Å². The highest BCUT2D eigenvalue weighted by atomic mass is 19.1. The van der Waals surface area contributed by atoms with Gasteiger partial charge in [-0.05, 0) is 56.4 Å². The Morgan fingerprint density at radius 3 is 2.89 bits per heavy atom. The zero-order valence-electron chi connectivity index (χ0n) is 14.9. The lowest BCUT2D eigenvalue weighted by molar-refractivity contribution is 0.0389. The zero-order valence-corrected chi connectivity index (χ0v) is 14.9. The molecule has 1 saturated carbocycles. The number of benzene rings is 1. The number of carbonyl (C=O) groups is 1. The third-order valence-electron chi connectivity index (χ3n) is 5.56. The van der Waals surface area contributed by atoms with Crippen LogP contribution in [0.15, 0.2) is 36.5 Å². The molecule has 1 amide bonds. The molecular weight excluding hydrogens is 343 g/mol. The zero-order chi connectivity index (χ0) is 18.4. The molecule has 1 aromatic carbocycles. The molecule has 0 unspecified atom stereocenters. The van der Waals surface area contributed by atoms with Gasteiger partial charge in [-0.2, -0.15) is 0 Å². The van der Waals surface area contributed by atoms with Crippen LogP contribution in [0.1, 0.15) is 48.1 Å². The molecule has 1 atom stereocenters. The number of hydrogen-bond donors (Lipinski definition) is 0. The Labute approximate surface area is 157 Å². The van der Waals surface area contributed by atoms with Crippen LogP contribution < -0.4 is 0 Å². The Kier molecular flexibility index (Phi) is 3.68. The molecule has 1 spiro atoms. The first kappa shape index (κ1) is 16.3. The van der Waals surface area contributed by atoms with Crippen LogP contribution in [0, 0.1) is 17.7 Å². The lowest BCUT2D eigenvalue weighted by atomic mass is 9.81. The van der Waals surface area contributed by atoms with Gasteiger partial charge < -0.3 is 9.64 Å². The topological polar surface area (TPSA) is 42.4 Å². The van der Waals surface area contributed by atoms with E-state index in [1.165, 1.54) is 12.1 Å². The number of amides is 1. The summed E-state index contributed by atoms with van der Waals surface area (Å²) in [5.74, 6) is 5.75. The monoisotopic (exact) mass is 362 g/mol. The van der Waals surface area contributed by atoms with Gasteiger partial charge in [0.25, 0.3) is 0 Å². The fourth-order valence-corrected chi connectivity index (χ4v) is 4.07. The number of aryl methyl sites for hydroxylation is 1. The quantitative estimate of drug-likeness (QED) is 0.726. The summed E-state index contributed by atoms with van der Waals surface area (Å²) in [6, 6.07) is 8.56. The van der Waals surface area contributed by atoms with E-state index in [-0.39, 0.29) is 11.9 Å². The second kappa shape index (κ2) is 6.09. The van der Waals surface area contributed by atoms with Crippen LogP contribution in [0.2, 0.25) is 0 Å². The average Bonchev–Trinajstić information content (AvgIpc) is 3.45. The van der Waals surface area contributed by atoms with Crippen molar-refractivity contribution < 1.29 is 13.9 Å². The molecular formula is C22H19FN2O2. The largest absolute Gasteiger partial charge is 0.436 e. The van der Waals surface area contributed by atoms with E-state index in [4.69, 9.17) is 4.74 Å². The van der Waals surface area contributed by atoms with E-state index >= 15 is 0 Å². The molecule has 136 valence electrons. The number of hydrogen-bond acceptors (Lipinski definition) is 3. The minimum Gasteiger partial charge on any atom is -0.436 e. The van der Waals surface area contributed by atoms with Gasteiger partial charge in [-0.25, -0.2) is 9.18 Å². The molecule has 0 radical (unpaired) electrons. The smallest absolute Gasteiger partial charge is 0.411 e. The number of nitrogens with zero attached hydrogens (tertiary/aromatic N) is 2. The SMILES string of the molecule is O=C1O[C@@]2(CCCc3ncc(C#Cc4cccc(F)c4)cc32)CN1C1CC1. The Balaban J connectivity index is 1.49. The summed E-state index contributed by atoms with van der Waals surface area (Å²) in [6.07, 6.45) is 6.33. The first-order valence-corrected chi connectivity index (χ1v) is 9.40. The summed E-state index contributed by atoms with van der Waals surface area (Å²) < 4.78 is 19.2. The molecule has 0 bridgehead atoms. The maximum Gasteiger partial charge on any atom is 0.411 e. The van der Waals surface area contributed by atoms with Gasteiger partial charge in [0.15, 0.2) is 5.60 Å². The third-order valence-corrected chi connectivity index (χ3v) is 5.56. The molecule has 27 heavy (non-hydrogen) atoms. The number of halogens is 1. The van der Waals surface area contributed by atoms with Gasteiger partial charge >= 0.3 is 6.09 Å². The summed E-state index contributed by atoms with van der Waals surface area (Å²) >= 11 is 0. The standard InChI is InChI=1S/C22H19FN2O2/c23-17-4-1-3-15(11-17)6-7-16-12-19-20(24-13-16)5-2-10-22(19)14-25(18-8-9-18)21(26)27-22/h1,3-4,11-13,18H,2,5,8-10,14H2/t22-/m0/s1. The minimum atomic E-state index is -0.600. The van der Waals surface area contributed by atoms with Crippen LogP contribution in [0.4, 0.5) is 9.18 Å². The van der Waals surface area contributed by atoms with Crippen molar-refractivity contribution >= 4 is 6.09 Å². The van der Waals surface area contributed by atoms with Crippen molar-refractivity contribution in [1.29, 1.82) is 0 Å². The normalized spacial score (nSPS) is 23.6. The van der Waals surface area contributed by atoms with E-state index in [2.05, 4.69) is 16.8 Å². The van der Waals surface area contributed by atoms with Gasteiger partial charge in [0, 0.05) is 34.6 Å². The molecule has 2 fully saturated rings. The van der Waals surface area contributed by atoms with Crippen molar-refractivity contribution in [1.82, 2.24) is 9.88 Å². The Morgan fingerprint density at radius 1 is 1.22 bits per heavy atom. The van der Waals surface area contributed by atoms with Gasteiger partial charge in [-0.15, -0.1) is 0 Å². The molecule has 2 heterocycles. The Bertz CT molecular complexity index is 989. The van der Waals surface area contributed by atoms with Crippen molar-refractivity contribution in [2.24, 2.45) is 0 Å². The summed E-state index contributed by atoms with van der Waals surface area (Å²) in [5.41, 5.74) is 2.74. The summed E-state index contributed by atoms with van der Waals surface area (Å²) in [6.45, 7) is 0.603. The molecule has 5 heteroatoms. The van der Waals surface area contributed by atoms with Crippen LogP contribution in [0.5, 0.6) is 0 Å². The van der Waals surface area contributed by atoms with Gasteiger partial charge in [0.05, 0.1) is 6.54 Å². The van der Waals surface area contributed by atoms with Crippen molar-refractivity contribution in [2.75, 3.05) is 6.54 Å². The molecule has 4 nitrogen and oxygen atoms in total. The van der Waals surface area contributed by atoms with E-state index < -0.39 is 5.60 Å². The summed E-state index contributed by atoms with van der Waals surface area (Å²) in [7, 11) is 0. The van der Waals surface area contributed by atoms with Crippen molar-refractivity contribution in [2.45, 2.75) is 43.7 Å². The molecule has 1 aromatic heterocycles. The third kappa shape index (κ3) is 2.95. The fourth-order valence-electron chi connectivity index (χ4n) is 4.07. The second-order valence-corrected chi connectivity index (χ2v) is 7.55. The van der Waals surface area contributed by atoms with E-state index in [9.17, 15) is 9.18 Å². The number of ether oxygens (including phenoxy) is 1. The molecule has 1 aliphatic heterocycles. The van der Waals surface area contributed by atoms with E-state index in [0.29, 0.717) is 18.2 Å². The number of aromatic nitrogens is 1. The lowest BCUT2D eigenvalue weighted by Gasteiger charge is -2.33. The van der Waals surface area contributed by atoms with Crippen LogP contribution in [0.25, 0.3) is 0 Å². The predicted molar refractivity (Wildman–Crippen MR) is 97.4 cm³/mol. The van der Waals surface area contributed by atoms with Gasteiger partial charge in [0.1, 0.15) is 5.82 Å². The molecule has 3 aliphatic rings. The first-order valence-electron chi connectivity index (χ1n) is 9.40. The summed E-state index contributed by atoms with van der Waals surface area (Å²) in [4.78, 5) is 18.9. The average molecular weight is 362 g/mol. The van der Waals surface area contributed by atoms with Crippen LogP contribution in [-0.4, -0.2) is 28.6 Å². The first-order chi connectivity index (χ1) is 13.1. The highest BCUT2D eigenvalue weighted by molar-refractivity contribution is 5.72. The molecule has 1 saturated heterocycles. The maximum absolute atomic E-state index is 13.3. The minimum absolute atomic E-state index is 0.207. The van der Waals surface area contributed by atoms with Gasteiger partial charge in [0.2, 0.25) is 0 Å². The fraction of sp³-hybridized carbons (Fsp3) is 0.364. The Hall–Kier alpha value is -2.87. The van der Waals surface area contributed by atoms with E-state index in [1.54, 1.807) is 18.3 Å². The van der Waals surface area contributed by atoms with E-state index in [0.717, 1.165) is 48.9 Å². The van der Waals surface area contributed by atoms with Crippen LogP contribution in [-0.2, 0) is 16.8 Å². The van der Waals surface area contributed by atoms with Crippen LogP contribution in [0.3, 0.4) is 0 Å². The maximum atomic E-state index is 13.3. The Morgan fingerprint density at radius 2 is 2.07 bits per heavy atom. The highest BCUT2D eigenvalue weighted by Crippen LogP contribution is 2.45. The van der Waals surface area contributed by atoms with Crippen molar-refractivity contribution in [3.8, 4) is 11.8 Å². The van der Waals surface area contributed by atoms with Crippen molar-refractivity contribution in [3.05, 3.63) is 64.7 Å². The number of carbonyl (C=O) groups excluding carboxylic acids is 1. The lowest BCUT2D eigenvalue weighted by Crippen LogP contribution is -2.36. The number of fused-ring (bicyclic) bond motifs is 2. The predicted octanol–water partition coefficient (Wildman–Crippen LogP) is 3.77. The molecule has 0 N–H and O–H groups in total. The van der Waals surface area contributed by atoms with Crippen molar-refractivity contribution in [3.63, 3.8) is 0 Å². The number of pyridine rings is 1. The molecule has 2 aromatic rings. The van der Waals surface area contributed by atoms with Gasteiger partial charge in [-0.3, -0.25) is 4.98 Å². The van der Waals surface area contributed by atoms with Crippen LogP contribution >= 0.6 is 0 Å². The molecule has 2 aliphatic carbocycles. The number of rotatable bonds is 1. The molecule has 5 rings (SSSR count). The van der Waals surface area contributed by atoms with E-state index in [1.807, 2.05) is 11.0 Å².